The first-order chi connectivity index (χ1) is 11.7. The molecule has 0 spiro atoms. The van der Waals surface area contributed by atoms with Gasteiger partial charge in [-0.1, -0.05) is 17.4 Å². The van der Waals surface area contributed by atoms with E-state index in [2.05, 4.69) is 15.5 Å². The first-order valence-electron chi connectivity index (χ1n) is 7.29. The molecule has 1 amide bonds. The van der Waals surface area contributed by atoms with Crippen LogP contribution in [0.5, 0.6) is 5.75 Å². The van der Waals surface area contributed by atoms with E-state index in [-0.39, 0.29) is 11.7 Å². The fraction of sp³-hybridized carbons (Fsp3) is 0.118. The standard InChI is InChI=1S/C17H14FN3O2S/c1-2-23-14-5-3-4-12(10-14)15(22)19-17-21-20-16(24-17)11-6-8-13(18)9-7-11/h3-10H,2H2,1H3,(H,19,21,22). The third-order valence-electron chi connectivity index (χ3n) is 3.14. The van der Waals surface area contributed by atoms with E-state index in [1.165, 1.54) is 23.5 Å². The van der Waals surface area contributed by atoms with Crippen LogP contribution in [0.25, 0.3) is 10.6 Å². The van der Waals surface area contributed by atoms with Crippen LogP contribution in [0.2, 0.25) is 0 Å². The second kappa shape index (κ2) is 7.18. The molecule has 1 N–H and O–H groups in total. The maximum Gasteiger partial charge on any atom is 0.257 e. The maximum atomic E-state index is 13.0. The number of nitrogens with zero attached hydrogens (tertiary/aromatic N) is 2. The first kappa shape index (κ1) is 16.1. The average Bonchev–Trinajstić information content (AvgIpc) is 3.04. The van der Waals surface area contributed by atoms with E-state index >= 15 is 0 Å². The predicted octanol–water partition coefficient (Wildman–Crippen LogP) is 4.00. The second-order valence-corrected chi connectivity index (χ2v) is 5.81. The van der Waals surface area contributed by atoms with Crippen LogP contribution >= 0.6 is 11.3 Å². The number of carbonyl (C=O) groups is 1. The molecule has 0 saturated heterocycles. The van der Waals surface area contributed by atoms with Gasteiger partial charge in [0.1, 0.15) is 16.6 Å². The fourth-order valence-electron chi connectivity index (χ4n) is 2.05. The van der Waals surface area contributed by atoms with Crippen LogP contribution in [0.1, 0.15) is 17.3 Å². The Morgan fingerprint density at radius 3 is 2.75 bits per heavy atom. The van der Waals surface area contributed by atoms with Crippen LogP contribution < -0.4 is 10.1 Å². The molecule has 0 unspecified atom stereocenters. The highest BCUT2D eigenvalue weighted by Gasteiger charge is 2.12. The highest BCUT2D eigenvalue weighted by molar-refractivity contribution is 7.18. The molecular formula is C17H14FN3O2S. The van der Waals surface area contributed by atoms with Gasteiger partial charge in [0.2, 0.25) is 5.13 Å². The molecule has 1 aromatic heterocycles. The minimum Gasteiger partial charge on any atom is -0.494 e. The van der Waals surface area contributed by atoms with Crippen LogP contribution in [0, 0.1) is 5.82 Å². The van der Waals surface area contributed by atoms with E-state index in [4.69, 9.17) is 4.74 Å². The Balaban J connectivity index is 1.73. The number of anilines is 1. The number of hydrogen-bond acceptors (Lipinski definition) is 5. The number of ether oxygens (including phenoxy) is 1. The highest BCUT2D eigenvalue weighted by atomic mass is 32.1. The monoisotopic (exact) mass is 343 g/mol. The van der Waals surface area contributed by atoms with Crippen molar-refractivity contribution < 1.29 is 13.9 Å². The smallest absolute Gasteiger partial charge is 0.257 e. The first-order valence-corrected chi connectivity index (χ1v) is 8.11. The highest BCUT2D eigenvalue weighted by Crippen LogP contribution is 2.26. The number of aromatic nitrogens is 2. The molecule has 5 nitrogen and oxygen atoms in total. The van der Waals surface area contributed by atoms with Gasteiger partial charge in [-0.15, -0.1) is 10.2 Å². The van der Waals surface area contributed by atoms with Gasteiger partial charge in [-0.05, 0) is 49.4 Å². The minimum atomic E-state index is -0.314. The molecule has 3 aromatic rings. The lowest BCUT2D eigenvalue weighted by Gasteiger charge is -2.05. The maximum absolute atomic E-state index is 13.0. The van der Waals surface area contributed by atoms with Crippen molar-refractivity contribution in [2.75, 3.05) is 11.9 Å². The third-order valence-corrected chi connectivity index (χ3v) is 4.03. The van der Waals surface area contributed by atoms with E-state index in [0.29, 0.717) is 28.1 Å². The summed E-state index contributed by atoms with van der Waals surface area (Å²) in [6.45, 7) is 2.41. The van der Waals surface area contributed by atoms with Crippen molar-refractivity contribution >= 4 is 22.4 Å². The molecule has 2 aromatic carbocycles. The summed E-state index contributed by atoms with van der Waals surface area (Å²) in [4.78, 5) is 12.3. The summed E-state index contributed by atoms with van der Waals surface area (Å²) in [5.41, 5.74) is 1.22. The molecule has 0 radical (unpaired) electrons. The number of nitrogens with one attached hydrogen (secondary N) is 1. The van der Waals surface area contributed by atoms with Gasteiger partial charge in [-0.25, -0.2) is 4.39 Å². The number of benzene rings is 2. The summed E-state index contributed by atoms with van der Waals surface area (Å²) >= 11 is 1.22. The topological polar surface area (TPSA) is 64.1 Å². The zero-order chi connectivity index (χ0) is 16.9. The van der Waals surface area contributed by atoms with Crippen LogP contribution in [0.15, 0.2) is 48.5 Å². The van der Waals surface area contributed by atoms with Gasteiger partial charge in [-0.3, -0.25) is 10.1 Å². The number of rotatable bonds is 5. The molecule has 3 rings (SSSR count). The molecule has 0 bridgehead atoms. The number of amides is 1. The minimum absolute atomic E-state index is 0.293. The van der Waals surface area contributed by atoms with E-state index in [9.17, 15) is 9.18 Å². The molecule has 0 saturated carbocycles. The van der Waals surface area contributed by atoms with E-state index < -0.39 is 0 Å². The lowest BCUT2D eigenvalue weighted by molar-refractivity contribution is 0.102. The zero-order valence-corrected chi connectivity index (χ0v) is 13.6. The van der Waals surface area contributed by atoms with Crippen LogP contribution in [-0.2, 0) is 0 Å². The van der Waals surface area contributed by atoms with Crippen molar-refractivity contribution in [2.45, 2.75) is 6.92 Å². The molecular weight excluding hydrogens is 329 g/mol. The quantitative estimate of drug-likeness (QED) is 0.761. The van der Waals surface area contributed by atoms with Crippen molar-refractivity contribution in [3.8, 4) is 16.3 Å². The molecule has 1 heterocycles. The normalized spacial score (nSPS) is 10.4. The van der Waals surface area contributed by atoms with Crippen LogP contribution in [-0.4, -0.2) is 22.7 Å². The zero-order valence-electron chi connectivity index (χ0n) is 12.8. The molecule has 0 fully saturated rings. The molecule has 7 heteroatoms. The van der Waals surface area contributed by atoms with Gasteiger partial charge < -0.3 is 4.74 Å². The van der Waals surface area contributed by atoms with E-state index in [1.807, 2.05) is 6.92 Å². The van der Waals surface area contributed by atoms with Crippen LogP contribution in [0.4, 0.5) is 9.52 Å². The average molecular weight is 343 g/mol. The van der Waals surface area contributed by atoms with Crippen molar-refractivity contribution in [1.29, 1.82) is 0 Å². The Hall–Kier alpha value is -2.80. The SMILES string of the molecule is CCOc1cccc(C(=O)Nc2nnc(-c3ccc(F)cc3)s2)c1. The Kier molecular flexibility index (Phi) is 4.81. The predicted molar refractivity (Wildman–Crippen MR) is 90.9 cm³/mol. The van der Waals surface area contributed by atoms with Gasteiger partial charge in [0.05, 0.1) is 6.61 Å². The number of hydrogen-bond donors (Lipinski definition) is 1. The second-order valence-electron chi connectivity index (χ2n) is 4.83. The van der Waals surface area contributed by atoms with Gasteiger partial charge >= 0.3 is 0 Å². The van der Waals surface area contributed by atoms with Crippen molar-refractivity contribution in [3.05, 3.63) is 59.9 Å². The van der Waals surface area contributed by atoms with Crippen molar-refractivity contribution in [3.63, 3.8) is 0 Å². The van der Waals surface area contributed by atoms with Crippen molar-refractivity contribution in [2.24, 2.45) is 0 Å². The Morgan fingerprint density at radius 2 is 2.00 bits per heavy atom. The number of halogens is 1. The lowest BCUT2D eigenvalue weighted by Crippen LogP contribution is -2.11. The summed E-state index contributed by atoms with van der Waals surface area (Å²) in [7, 11) is 0. The molecule has 0 aliphatic heterocycles. The number of carbonyl (C=O) groups excluding carboxylic acids is 1. The summed E-state index contributed by atoms with van der Waals surface area (Å²) < 4.78 is 18.3. The fourth-order valence-corrected chi connectivity index (χ4v) is 2.79. The largest absolute Gasteiger partial charge is 0.494 e. The summed E-state index contributed by atoms with van der Waals surface area (Å²) in [6, 6.07) is 12.9. The molecule has 122 valence electrons. The molecule has 24 heavy (non-hydrogen) atoms. The third kappa shape index (κ3) is 3.75. The Morgan fingerprint density at radius 1 is 1.21 bits per heavy atom. The molecule has 0 aliphatic rings. The van der Waals surface area contributed by atoms with Gasteiger partial charge in [-0.2, -0.15) is 0 Å². The Labute approximate surface area is 142 Å². The van der Waals surface area contributed by atoms with Gasteiger partial charge in [0.25, 0.3) is 5.91 Å². The van der Waals surface area contributed by atoms with E-state index in [1.54, 1.807) is 36.4 Å². The van der Waals surface area contributed by atoms with Crippen molar-refractivity contribution in [1.82, 2.24) is 10.2 Å². The van der Waals surface area contributed by atoms with E-state index in [0.717, 1.165) is 5.56 Å². The summed E-state index contributed by atoms with van der Waals surface area (Å²) in [6.07, 6.45) is 0. The van der Waals surface area contributed by atoms with Crippen LogP contribution in [0.3, 0.4) is 0 Å². The van der Waals surface area contributed by atoms with Gasteiger partial charge in [0.15, 0.2) is 0 Å². The Bertz CT molecular complexity index is 849. The summed E-state index contributed by atoms with van der Waals surface area (Å²) in [5, 5.41) is 11.7. The van der Waals surface area contributed by atoms with Gasteiger partial charge in [0, 0.05) is 11.1 Å². The lowest BCUT2D eigenvalue weighted by atomic mass is 10.2. The molecule has 0 aliphatic carbocycles. The summed E-state index contributed by atoms with van der Waals surface area (Å²) in [5.74, 6) is 0.0266. The molecule has 0 atom stereocenters.